The van der Waals surface area contributed by atoms with Crippen LogP contribution in [0.3, 0.4) is 0 Å². The summed E-state index contributed by atoms with van der Waals surface area (Å²) < 4.78 is 6.37. The van der Waals surface area contributed by atoms with Crippen molar-refractivity contribution in [2.45, 2.75) is 35.9 Å². The standard InChI is InChI=1S/C27H24N4O2S2/c1-17-6-12-21(13-7-17)35-24-15-14-23(33-24)26-25(22-5-3-4-16-28-22)30-27(34)31(26)20-10-8-19(9-11-20)29-18(2)32/h3-16,25-26H,1-2H3,(H,29,32)(H,30,34)/t25-,26-/m1/s1. The fourth-order valence-electron chi connectivity index (χ4n) is 4.10. The minimum atomic E-state index is -0.239. The Morgan fingerprint density at radius 1 is 1.06 bits per heavy atom. The summed E-state index contributed by atoms with van der Waals surface area (Å²) in [6.07, 6.45) is 1.78. The number of anilines is 2. The predicted molar refractivity (Wildman–Crippen MR) is 143 cm³/mol. The van der Waals surface area contributed by atoms with Gasteiger partial charge in [0.1, 0.15) is 11.8 Å². The molecule has 1 saturated heterocycles. The van der Waals surface area contributed by atoms with E-state index in [4.69, 9.17) is 16.6 Å². The number of hydrogen-bond donors (Lipinski definition) is 2. The summed E-state index contributed by atoms with van der Waals surface area (Å²) in [5.41, 5.74) is 3.72. The Morgan fingerprint density at radius 3 is 2.51 bits per heavy atom. The van der Waals surface area contributed by atoms with E-state index < -0.39 is 0 Å². The van der Waals surface area contributed by atoms with E-state index in [0.29, 0.717) is 5.11 Å². The van der Waals surface area contributed by atoms with Gasteiger partial charge in [-0.2, -0.15) is 0 Å². The van der Waals surface area contributed by atoms with Crippen LogP contribution in [0.4, 0.5) is 11.4 Å². The van der Waals surface area contributed by atoms with Gasteiger partial charge in [0.05, 0.1) is 11.7 Å². The number of pyridine rings is 1. The number of amides is 1. The molecule has 6 nitrogen and oxygen atoms in total. The van der Waals surface area contributed by atoms with Gasteiger partial charge in [-0.05, 0) is 79.8 Å². The van der Waals surface area contributed by atoms with Crippen LogP contribution < -0.4 is 15.5 Å². The number of furan rings is 1. The van der Waals surface area contributed by atoms with E-state index in [1.807, 2.05) is 59.5 Å². The molecule has 0 saturated carbocycles. The molecular formula is C27H24N4O2S2. The molecule has 1 fully saturated rings. The third-order valence-electron chi connectivity index (χ3n) is 5.70. The Morgan fingerprint density at radius 2 is 1.83 bits per heavy atom. The number of nitrogens with one attached hydrogen (secondary N) is 2. The lowest BCUT2D eigenvalue weighted by Gasteiger charge is -2.26. The second-order valence-corrected chi connectivity index (χ2v) is 9.76. The van der Waals surface area contributed by atoms with Gasteiger partial charge in [-0.1, -0.05) is 35.5 Å². The molecular weight excluding hydrogens is 476 g/mol. The lowest BCUT2D eigenvalue weighted by Crippen LogP contribution is -2.29. The molecule has 0 radical (unpaired) electrons. The van der Waals surface area contributed by atoms with Crippen LogP contribution in [0.5, 0.6) is 0 Å². The van der Waals surface area contributed by atoms with Crippen molar-refractivity contribution >= 4 is 46.4 Å². The lowest BCUT2D eigenvalue weighted by atomic mass is 10.0. The molecule has 5 rings (SSSR count). The molecule has 0 aliphatic carbocycles. The highest BCUT2D eigenvalue weighted by molar-refractivity contribution is 7.99. The van der Waals surface area contributed by atoms with E-state index >= 15 is 0 Å². The highest BCUT2D eigenvalue weighted by Gasteiger charge is 2.42. The number of aryl methyl sites for hydroxylation is 1. The summed E-state index contributed by atoms with van der Waals surface area (Å²) in [5.74, 6) is 0.673. The van der Waals surface area contributed by atoms with Crippen molar-refractivity contribution in [1.29, 1.82) is 0 Å². The lowest BCUT2D eigenvalue weighted by molar-refractivity contribution is -0.114. The molecule has 35 heavy (non-hydrogen) atoms. The second kappa shape index (κ2) is 9.93. The molecule has 0 spiro atoms. The van der Waals surface area contributed by atoms with E-state index in [9.17, 15) is 4.79 Å². The molecule has 2 atom stereocenters. The Labute approximate surface area is 213 Å². The van der Waals surface area contributed by atoms with Crippen LogP contribution in [0.25, 0.3) is 0 Å². The largest absolute Gasteiger partial charge is 0.452 e. The van der Waals surface area contributed by atoms with Crippen molar-refractivity contribution in [3.63, 3.8) is 0 Å². The average Bonchev–Trinajstić information content (AvgIpc) is 3.45. The first-order valence-corrected chi connectivity index (χ1v) is 12.4. The number of benzene rings is 2. The van der Waals surface area contributed by atoms with Gasteiger partial charge in [0, 0.05) is 29.4 Å². The smallest absolute Gasteiger partial charge is 0.221 e. The van der Waals surface area contributed by atoms with E-state index in [1.165, 1.54) is 12.5 Å². The fraction of sp³-hybridized carbons (Fsp3) is 0.148. The number of carbonyl (C=O) groups is 1. The number of rotatable bonds is 6. The molecule has 1 amide bonds. The van der Waals surface area contributed by atoms with Crippen molar-refractivity contribution in [3.8, 4) is 0 Å². The van der Waals surface area contributed by atoms with Crippen LogP contribution in [0.1, 0.15) is 36.0 Å². The van der Waals surface area contributed by atoms with E-state index in [0.717, 1.165) is 32.8 Å². The molecule has 2 aromatic heterocycles. The molecule has 8 heteroatoms. The van der Waals surface area contributed by atoms with Crippen LogP contribution >= 0.6 is 24.0 Å². The average molecular weight is 501 g/mol. The van der Waals surface area contributed by atoms with Crippen molar-refractivity contribution in [3.05, 3.63) is 102 Å². The Hall–Kier alpha value is -3.62. The highest BCUT2D eigenvalue weighted by Crippen LogP contribution is 2.43. The maximum absolute atomic E-state index is 11.4. The van der Waals surface area contributed by atoms with Gasteiger partial charge >= 0.3 is 0 Å². The van der Waals surface area contributed by atoms with Crippen LogP contribution in [0, 0.1) is 6.92 Å². The SMILES string of the molecule is CC(=O)Nc1ccc(N2C(=S)N[C@H](c3ccccn3)[C@H]2c2ccc(Sc3ccc(C)cc3)o2)cc1. The Balaban J connectivity index is 1.49. The second-order valence-electron chi connectivity index (χ2n) is 8.30. The summed E-state index contributed by atoms with van der Waals surface area (Å²) in [4.78, 5) is 19.2. The minimum Gasteiger partial charge on any atom is -0.452 e. The van der Waals surface area contributed by atoms with Gasteiger partial charge in [0.2, 0.25) is 5.91 Å². The summed E-state index contributed by atoms with van der Waals surface area (Å²) in [6, 6.07) is 25.4. The third-order valence-corrected chi connectivity index (χ3v) is 6.94. The predicted octanol–water partition coefficient (Wildman–Crippen LogP) is 6.27. The van der Waals surface area contributed by atoms with Gasteiger partial charge in [-0.25, -0.2) is 0 Å². The van der Waals surface area contributed by atoms with Crippen LogP contribution in [-0.4, -0.2) is 16.0 Å². The number of hydrogen-bond acceptors (Lipinski definition) is 5. The molecule has 0 bridgehead atoms. The quantitative estimate of drug-likeness (QED) is 0.302. The topological polar surface area (TPSA) is 70.4 Å². The number of nitrogens with zero attached hydrogens (tertiary/aromatic N) is 2. The Bertz CT molecular complexity index is 1340. The number of carbonyl (C=O) groups excluding carboxylic acids is 1. The van der Waals surface area contributed by atoms with Gasteiger partial charge in [-0.15, -0.1) is 0 Å². The van der Waals surface area contributed by atoms with Gasteiger partial charge in [0.15, 0.2) is 10.2 Å². The first-order valence-electron chi connectivity index (χ1n) is 11.2. The molecule has 3 heterocycles. The third kappa shape index (κ3) is 5.08. The molecule has 176 valence electrons. The Kier molecular flexibility index (Phi) is 6.57. The molecule has 1 aliphatic rings. The maximum Gasteiger partial charge on any atom is 0.221 e. The van der Waals surface area contributed by atoms with Gasteiger partial charge in [-0.3, -0.25) is 9.78 Å². The van der Waals surface area contributed by atoms with Crippen LogP contribution in [0.15, 0.2) is 99.5 Å². The zero-order chi connectivity index (χ0) is 24.4. The summed E-state index contributed by atoms with van der Waals surface area (Å²) in [5, 5.41) is 7.63. The first kappa shape index (κ1) is 23.1. The fourth-order valence-corrected chi connectivity index (χ4v) is 5.23. The summed E-state index contributed by atoms with van der Waals surface area (Å²) in [6.45, 7) is 3.56. The van der Waals surface area contributed by atoms with Crippen molar-refractivity contribution in [1.82, 2.24) is 10.3 Å². The van der Waals surface area contributed by atoms with Crippen LogP contribution in [0.2, 0.25) is 0 Å². The number of thiocarbonyl (C=S) groups is 1. The maximum atomic E-state index is 11.4. The highest BCUT2D eigenvalue weighted by atomic mass is 32.2. The van der Waals surface area contributed by atoms with Crippen molar-refractivity contribution < 1.29 is 9.21 Å². The zero-order valence-electron chi connectivity index (χ0n) is 19.3. The molecule has 4 aromatic rings. The summed E-state index contributed by atoms with van der Waals surface area (Å²) in [7, 11) is 0. The van der Waals surface area contributed by atoms with Crippen LogP contribution in [-0.2, 0) is 4.79 Å². The monoisotopic (exact) mass is 500 g/mol. The first-order chi connectivity index (χ1) is 17.0. The number of aromatic nitrogens is 1. The normalized spacial score (nSPS) is 17.3. The van der Waals surface area contributed by atoms with E-state index in [2.05, 4.69) is 46.8 Å². The molecule has 2 aromatic carbocycles. The molecule has 2 N–H and O–H groups in total. The van der Waals surface area contributed by atoms with Gasteiger partial charge < -0.3 is 20.0 Å². The molecule has 1 aliphatic heterocycles. The van der Waals surface area contributed by atoms with Gasteiger partial charge in [0.25, 0.3) is 0 Å². The summed E-state index contributed by atoms with van der Waals surface area (Å²) >= 11 is 7.36. The molecule has 0 unspecified atom stereocenters. The van der Waals surface area contributed by atoms with E-state index in [-0.39, 0.29) is 18.0 Å². The zero-order valence-corrected chi connectivity index (χ0v) is 20.9. The van der Waals surface area contributed by atoms with Crippen molar-refractivity contribution in [2.75, 3.05) is 10.2 Å². The van der Waals surface area contributed by atoms with Crippen molar-refractivity contribution in [2.24, 2.45) is 0 Å². The van der Waals surface area contributed by atoms with E-state index in [1.54, 1.807) is 18.0 Å². The minimum absolute atomic E-state index is 0.113.